The Morgan fingerprint density at radius 2 is 1.87 bits per heavy atom. The van der Waals surface area contributed by atoms with Crippen LogP contribution in [0, 0.1) is 5.41 Å². The molecule has 1 aliphatic carbocycles. The molecule has 1 spiro atoms. The van der Waals surface area contributed by atoms with Crippen LogP contribution in [0.4, 0.5) is 0 Å². The number of nitrogens with zero attached hydrogens (tertiary/aromatic N) is 1. The maximum atomic E-state index is 5.83. The molecule has 1 saturated carbocycles. The lowest BCUT2D eigenvalue weighted by molar-refractivity contribution is -0.0366. The highest BCUT2D eigenvalue weighted by molar-refractivity contribution is 5.22. The number of unbranched alkanes of at least 4 members (excludes halogenated alkanes) is 1. The Balaban J connectivity index is 1.59. The normalized spacial score (nSPS) is 28.5. The Hall–Kier alpha value is -0.860. The van der Waals surface area contributed by atoms with Gasteiger partial charge >= 0.3 is 0 Å². The van der Waals surface area contributed by atoms with E-state index in [4.69, 9.17) is 4.74 Å². The molecule has 1 aliphatic heterocycles. The minimum Gasteiger partial charge on any atom is -0.381 e. The average molecular weight is 316 g/mol. The van der Waals surface area contributed by atoms with E-state index in [1.807, 2.05) is 7.11 Å². The summed E-state index contributed by atoms with van der Waals surface area (Å²) in [5, 5.41) is 0. The molecule has 0 aromatic heterocycles. The van der Waals surface area contributed by atoms with E-state index in [1.54, 1.807) is 0 Å². The fourth-order valence-corrected chi connectivity index (χ4v) is 4.78. The molecule has 1 heterocycles. The van der Waals surface area contributed by atoms with Crippen LogP contribution in [0.25, 0.3) is 0 Å². The Bertz CT molecular complexity index is 483. The number of hydrogen-bond donors (Lipinski definition) is 0. The molecule has 0 unspecified atom stereocenters. The van der Waals surface area contributed by atoms with E-state index in [0.29, 0.717) is 11.5 Å². The molecule has 1 aromatic rings. The Kier molecular flexibility index (Phi) is 5.76. The van der Waals surface area contributed by atoms with E-state index in [9.17, 15) is 0 Å². The second-order valence-corrected chi connectivity index (χ2v) is 7.71. The number of ether oxygens (including phenoxy) is 1. The largest absolute Gasteiger partial charge is 0.381 e. The fourth-order valence-electron chi connectivity index (χ4n) is 4.78. The molecule has 128 valence electrons. The summed E-state index contributed by atoms with van der Waals surface area (Å²) in [5.41, 5.74) is 3.39. The van der Waals surface area contributed by atoms with Gasteiger partial charge in [-0.1, -0.05) is 44.0 Å². The molecule has 2 fully saturated rings. The number of benzene rings is 1. The monoisotopic (exact) mass is 315 g/mol. The summed E-state index contributed by atoms with van der Waals surface area (Å²) in [5.74, 6) is 0. The fraction of sp³-hybridized carbons (Fsp3) is 0.714. The number of hydrogen-bond acceptors (Lipinski definition) is 2. The molecule has 0 amide bonds. The number of rotatable bonds is 6. The lowest BCUT2D eigenvalue weighted by Gasteiger charge is -2.43. The van der Waals surface area contributed by atoms with Gasteiger partial charge in [-0.2, -0.15) is 0 Å². The lowest BCUT2D eigenvalue weighted by Crippen LogP contribution is -2.47. The van der Waals surface area contributed by atoms with Crippen molar-refractivity contribution >= 4 is 0 Å². The molecule has 1 saturated heterocycles. The zero-order chi connectivity index (χ0) is 16.1. The van der Waals surface area contributed by atoms with Gasteiger partial charge in [-0.15, -0.1) is 0 Å². The first-order valence-corrected chi connectivity index (χ1v) is 9.59. The third-order valence-electron chi connectivity index (χ3n) is 6.04. The van der Waals surface area contributed by atoms with E-state index in [1.165, 1.54) is 75.6 Å². The van der Waals surface area contributed by atoms with Crippen LogP contribution in [0.1, 0.15) is 63.0 Å². The Morgan fingerprint density at radius 1 is 1.13 bits per heavy atom. The van der Waals surface area contributed by atoms with Gasteiger partial charge in [0.15, 0.2) is 0 Å². The van der Waals surface area contributed by atoms with Crippen LogP contribution >= 0.6 is 0 Å². The summed E-state index contributed by atoms with van der Waals surface area (Å²) in [6, 6.07) is 9.35. The molecular weight excluding hydrogens is 282 g/mol. The van der Waals surface area contributed by atoms with E-state index in [0.717, 1.165) is 6.54 Å². The van der Waals surface area contributed by atoms with Crippen molar-refractivity contribution in [2.24, 2.45) is 5.41 Å². The van der Waals surface area contributed by atoms with Crippen molar-refractivity contribution in [1.82, 2.24) is 4.90 Å². The van der Waals surface area contributed by atoms with Gasteiger partial charge in [0.2, 0.25) is 0 Å². The van der Waals surface area contributed by atoms with Gasteiger partial charge in [0, 0.05) is 25.6 Å². The van der Waals surface area contributed by atoms with Gasteiger partial charge in [0.25, 0.3) is 0 Å². The standard InChI is InChI=1S/C21H33NO/c1-3-4-7-18-9-11-19(12-10-18)16-22-15-6-14-21(17-22)13-5-8-20(21)23-2/h9-12,20H,3-8,13-17H2,1-2H3/t20-,21-/m1/s1. The zero-order valence-corrected chi connectivity index (χ0v) is 15.0. The van der Waals surface area contributed by atoms with Gasteiger partial charge in [0.1, 0.15) is 0 Å². The molecular formula is C21H33NO. The number of methoxy groups -OCH3 is 1. The van der Waals surface area contributed by atoms with Crippen molar-refractivity contribution in [2.75, 3.05) is 20.2 Å². The van der Waals surface area contributed by atoms with E-state index in [-0.39, 0.29) is 0 Å². The summed E-state index contributed by atoms with van der Waals surface area (Å²) in [6.07, 6.45) is 10.9. The molecule has 2 aliphatic rings. The first-order valence-electron chi connectivity index (χ1n) is 9.59. The highest BCUT2D eigenvalue weighted by atomic mass is 16.5. The molecule has 2 heteroatoms. The van der Waals surface area contributed by atoms with Gasteiger partial charge in [-0.3, -0.25) is 4.90 Å². The molecule has 0 N–H and O–H groups in total. The van der Waals surface area contributed by atoms with E-state index in [2.05, 4.69) is 36.1 Å². The van der Waals surface area contributed by atoms with Crippen molar-refractivity contribution in [3.05, 3.63) is 35.4 Å². The summed E-state index contributed by atoms with van der Waals surface area (Å²) in [4.78, 5) is 2.67. The van der Waals surface area contributed by atoms with Gasteiger partial charge in [-0.25, -0.2) is 0 Å². The molecule has 1 aromatic carbocycles. The third kappa shape index (κ3) is 3.97. The van der Waals surface area contributed by atoms with Gasteiger partial charge < -0.3 is 4.74 Å². The van der Waals surface area contributed by atoms with E-state index >= 15 is 0 Å². The predicted molar refractivity (Wildman–Crippen MR) is 96.6 cm³/mol. The van der Waals surface area contributed by atoms with Gasteiger partial charge in [-0.05, 0) is 56.2 Å². The van der Waals surface area contributed by atoms with Crippen LogP contribution in [-0.4, -0.2) is 31.2 Å². The van der Waals surface area contributed by atoms with Crippen LogP contribution in [0.15, 0.2) is 24.3 Å². The second kappa shape index (κ2) is 7.81. The van der Waals surface area contributed by atoms with E-state index < -0.39 is 0 Å². The van der Waals surface area contributed by atoms with Crippen LogP contribution in [0.3, 0.4) is 0 Å². The first kappa shape index (κ1) is 17.0. The minimum absolute atomic E-state index is 0.439. The maximum absolute atomic E-state index is 5.83. The molecule has 0 radical (unpaired) electrons. The lowest BCUT2D eigenvalue weighted by atomic mass is 9.76. The SMILES string of the molecule is CCCCc1ccc(CN2CCC[C@]3(CCC[C@H]3OC)C2)cc1. The minimum atomic E-state index is 0.439. The summed E-state index contributed by atoms with van der Waals surface area (Å²) < 4.78 is 5.83. The third-order valence-corrected chi connectivity index (χ3v) is 6.04. The molecule has 2 nitrogen and oxygen atoms in total. The molecule has 0 bridgehead atoms. The zero-order valence-electron chi connectivity index (χ0n) is 15.0. The molecule has 2 atom stereocenters. The van der Waals surface area contributed by atoms with Crippen molar-refractivity contribution in [1.29, 1.82) is 0 Å². The maximum Gasteiger partial charge on any atom is 0.0639 e. The summed E-state index contributed by atoms with van der Waals surface area (Å²) >= 11 is 0. The molecule has 3 rings (SSSR count). The Morgan fingerprint density at radius 3 is 2.61 bits per heavy atom. The quantitative estimate of drug-likeness (QED) is 0.747. The second-order valence-electron chi connectivity index (χ2n) is 7.71. The van der Waals surface area contributed by atoms with Crippen LogP contribution in [0.5, 0.6) is 0 Å². The number of aryl methyl sites for hydroxylation is 1. The molecule has 23 heavy (non-hydrogen) atoms. The highest BCUT2D eigenvalue weighted by Crippen LogP contribution is 2.46. The highest BCUT2D eigenvalue weighted by Gasteiger charge is 2.45. The van der Waals surface area contributed by atoms with Crippen LogP contribution in [0.2, 0.25) is 0 Å². The smallest absolute Gasteiger partial charge is 0.0639 e. The average Bonchev–Trinajstić information content (AvgIpc) is 2.96. The van der Waals surface area contributed by atoms with Crippen molar-refractivity contribution in [3.63, 3.8) is 0 Å². The van der Waals surface area contributed by atoms with Crippen molar-refractivity contribution < 1.29 is 4.74 Å². The van der Waals surface area contributed by atoms with Crippen LogP contribution < -0.4 is 0 Å². The first-order chi connectivity index (χ1) is 11.3. The number of piperidine rings is 1. The predicted octanol–water partition coefficient (Wildman–Crippen LogP) is 4.81. The summed E-state index contributed by atoms with van der Waals surface area (Å²) in [7, 11) is 1.91. The summed E-state index contributed by atoms with van der Waals surface area (Å²) in [6.45, 7) is 5.84. The van der Waals surface area contributed by atoms with Gasteiger partial charge in [0.05, 0.1) is 6.10 Å². The van der Waals surface area contributed by atoms with Crippen molar-refractivity contribution in [3.8, 4) is 0 Å². The van der Waals surface area contributed by atoms with Crippen LogP contribution in [-0.2, 0) is 17.7 Å². The Labute approximate surface area is 142 Å². The topological polar surface area (TPSA) is 12.5 Å². The number of likely N-dealkylation sites (tertiary alicyclic amines) is 1. The van der Waals surface area contributed by atoms with Crippen molar-refractivity contribution in [2.45, 2.75) is 70.9 Å².